The van der Waals surface area contributed by atoms with Gasteiger partial charge < -0.3 is 5.32 Å². The monoisotopic (exact) mass is 336 g/mol. The van der Waals surface area contributed by atoms with Gasteiger partial charge in [-0.15, -0.1) is 16.4 Å². The largest absolute Gasteiger partial charge is 0.301 e. The van der Waals surface area contributed by atoms with E-state index in [9.17, 15) is 9.18 Å². The number of hydrogen-bond acceptors (Lipinski definition) is 7. The molecule has 1 N–H and O–H groups in total. The summed E-state index contributed by atoms with van der Waals surface area (Å²) in [7, 11) is 0. The second kappa shape index (κ2) is 6.62. The third kappa shape index (κ3) is 3.28. The third-order valence-corrected chi connectivity index (χ3v) is 4.14. The van der Waals surface area contributed by atoms with E-state index in [4.69, 9.17) is 0 Å². The Morgan fingerprint density at radius 2 is 2.27 bits per heavy atom. The molecule has 10 heteroatoms. The number of aromatic nitrogens is 5. The van der Waals surface area contributed by atoms with Gasteiger partial charge in [0.25, 0.3) is 0 Å². The molecule has 3 aromatic rings. The summed E-state index contributed by atoms with van der Waals surface area (Å²) in [4.78, 5) is 15.8. The van der Waals surface area contributed by atoms with E-state index in [0.29, 0.717) is 10.3 Å². The maximum absolute atomic E-state index is 13.8. The number of nitrogens with zero attached hydrogens (tertiary/aromatic N) is 5. The lowest BCUT2D eigenvalue weighted by molar-refractivity contribution is -0.113. The van der Waals surface area contributed by atoms with Gasteiger partial charge in [-0.3, -0.25) is 4.79 Å². The van der Waals surface area contributed by atoms with E-state index in [0.717, 1.165) is 11.8 Å². The van der Waals surface area contributed by atoms with Gasteiger partial charge in [-0.05, 0) is 22.6 Å². The Kier molecular flexibility index (Phi) is 4.39. The summed E-state index contributed by atoms with van der Waals surface area (Å²) in [6.45, 7) is 0. The van der Waals surface area contributed by atoms with Gasteiger partial charge in [-0.1, -0.05) is 23.9 Å². The molecule has 0 unspecified atom stereocenters. The number of carbonyl (C=O) groups excluding carboxylic acids is 1. The zero-order valence-corrected chi connectivity index (χ0v) is 12.6. The standard InChI is InChI=1S/C12H9FN6OS2/c13-8-3-1-2-4-9(8)19-12(16-17-18-19)22-7-10(20)15-11-14-5-6-21-11/h1-6H,7H2,(H,14,15,20). The van der Waals surface area contributed by atoms with Crippen molar-refractivity contribution in [3.8, 4) is 5.69 Å². The van der Waals surface area contributed by atoms with Gasteiger partial charge in [0.15, 0.2) is 5.13 Å². The molecule has 0 aliphatic rings. The molecule has 7 nitrogen and oxygen atoms in total. The highest BCUT2D eigenvalue weighted by Gasteiger charge is 2.14. The fourth-order valence-electron chi connectivity index (χ4n) is 1.61. The van der Waals surface area contributed by atoms with Gasteiger partial charge in [-0.2, -0.15) is 4.68 Å². The molecule has 2 aromatic heterocycles. The zero-order chi connectivity index (χ0) is 15.4. The van der Waals surface area contributed by atoms with Gasteiger partial charge in [0.2, 0.25) is 11.1 Å². The molecule has 0 atom stereocenters. The lowest BCUT2D eigenvalue weighted by atomic mass is 10.3. The van der Waals surface area contributed by atoms with Gasteiger partial charge >= 0.3 is 0 Å². The van der Waals surface area contributed by atoms with Gasteiger partial charge in [-0.25, -0.2) is 9.37 Å². The van der Waals surface area contributed by atoms with E-state index >= 15 is 0 Å². The van der Waals surface area contributed by atoms with Crippen LogP contribution in [0.15, 0.2) is 41.0 Å². The van der Waals surface area contributed by atoms with Crippen LogP contribution in [0.3, 0.4) is 0 Å². The summed E-state index contributed by atoms with van der Waals surface area (Å²) in [5, 5.41) is 16.4. The number of para-hydroxylation sites is 1. The van der Waals surface area contributed by atoms with E-state index in [-0.39, 0.29) is 17.3 Å². The molecule has 1 aromatic carbocycles. The summed E-state index contributed by atoms with van der Waals surface area (Å²) < 4.78 is 15.0. The van der Waals surface area contributed by atoms with Gasteiger partial charge in [0.1, 0.15) is 11.5 Å². The van der Waals surface area contributed by atoms with Crippen LogP contribution in [0.1, 0.15) is 0 Å². The maximum Gasteiger partial charge on any atom is 0.236 e. The Labute approximate surface area is 132 Å². The fourth-order valence-corrected chi connectivity index (χ4v) is 2.84. The van der Waals surface area contributed by atoms with Crippen molar-refractivity contribution in [1.29, 1.82) is 0 Å². The van der Waals surface area contributed by atoms with Crippen molar-refractivity contribution in [3.05, 3.63) is 41.7 Å². The van der Waals surface area contributed by atoms with E-state index in [1.54, 1.807) is 29.8 Å². The number of tetrazole rings is 1. The Hall–Kier alpha value is -2.33. The molecule has 0 saturated carbocycles. The molecular formula is C12H9FN6OS2. The van der Waals surface area contributed by atoms with Crippen LogP contribution in [0.4, 0.5) is 9.52 Å². The number of amides is 1. The van der Waals surface area contributed by atoms with Gasteiger partial charge in [0, 0.05) is 11.6 Å². The summed E-state index contributed by atoms with van der Waals surface area (Å²) in [5.74, 6) is -0.582. The van der Waals surface area contributed by atoms with Crippen molar-refractivity contribution in [3.63, 3.8) is 0 Å². The fraction of sp³-hybridized carbons (Fsp3) is 0.0833. The summed E-state index contributed by atoms with van der Waals surface area (Å²) >= 11 is 2.44. The molecular weight excluding hydrogens is 327 g/mol. The van der Waals surface area contributed by atoms with Crippen molar-refractivity contribution in [2.75, 3.05) is 11.1 Å². The first kappa shape index (κ1) is 14.6. The Balaban J connectivity index is 1.68. The van der Waals surface area contributed by atoms with Crippen LogP contribution in [0.25, 0.3) is 5.69 Å². The molecule has 0 aliphatic carbocycles. The van der Waals surface area contributed by atoms with Crippen LogP contribution in [0, 0.1) is 5.82 Å². The number of hydrogen-bond donors (Lipinski definition) is 1. The maximum atomic E-state index is 13.8. The van der Waals surface area contributed by atoms with Crippen LogP contribution >= 0.6 is 23.1 Å². The zero-order valence-electron chi connectivity index (χ0n) is 11.0. The van der Waals surface area contributed by atoms with Crippen LogP contribution in [-0.4, -0.2) is 36.9 Å². The second-order valence-electron chi connectivity index (χ2n) is 4.00. The number of nitrogens with one attached hydrogen (secondary N) is 1. The number of benzene rings is 1. The Morgan fingerprint density at radius 3 is 3.05 bits per heavy atom. The van der Waals surface area contributed by atoms with Crippen molar-refractivity contribution < 1.29 is 9.18 Å². The number of thiazole rings is 1. The van der Waals surface area contributed by atoms with Crippen molar-refractivity contribution >= 4 is 34.1 Å². The normalized spacial score (nSPS) is 10.6. The minimum absolute atomic E-state index is 0.0917. The highest BCUT2D eigenvalue weighted by Crippen LogP contribution is 2.20. The predicted octanol–water partition coefficient (Wildman–Crippen LogP) is 1.99. The first-order valence-corrected chi connectivity index (χ1v) is 7.96. The lowest BCUT2D eigenvalue weighted by Crippen LogP contribution is -2.14. The van der Waals surface area contributed by atoms with E-state index in [2.05, 4.69) is 25.8 Å². The SMILES string of the molecule is O=C(CSc1nnnn1-c1ccccc1F)Nc1nccs1. The van der Waals surface area contributed by atoms with Crippen molar-refractivity contribution in [1.82, 2.24) is 25.2 Å². The molecule has 0 bridgehead atoms. The molecule has 0 aliphatic heterocycles. The molecule has 0 spiro atoms. The third-order valence-electron chi connectivity index (χ3n) is 2.53. The second-order valence-corrected chi connectivity index (χ2v) is 5.84. The van der Waals surface area contributed by atoms with Crippen LogP contribution < -0.4 is 5.32 Å². The van der Waals surface area contributed by atoms with E-state index in [1.165, 1.54) is 22.1 Å². The molecule has 0 saturated heterocycles. The van der Waals surface area contributed by atoms with Gasteiger partial charge in [0.05, 0.1) is 5.75 Å². The average molecular weight is 336 g/mol. The topological polar surface area (TPSA) is 85.6 Å². The van der Waals surface area contributed by atoms with Crippen molar-refractivity contribution in [2.24, 2.45) is 0 Å². The first-order valence-electron chi connectivity index (χ1n) is 6.09. The summed E-state index contributed by atoms with van der Waals surface area (Å²) in [5.41, 5.74) is 0.232. The average Bonchev–Trinajstić information content (AvgIpc) is 3.17. The number of anilines is 1. The predicted molar refractivity (Wildman–Crippen MR) is 80.6 cm³/mol. The lowest BCUT2D eigenvalue weighted by Gasteiger charge is -2.05. The summed E-state index contributed by atoms with van der Waals surface area (Å²) in [6.07, 6.45) is 1.60. The number of carbonyl (C=O) groups is 1. The minimum Gasteiger partial charge on any atom is -0.301 e. The molecule has 0 radical (unpaired) electrons. The van der Waals surface area contributed by atoms with E-state index < -0.39 is 5.82 Å². The molecule has 3 rings (SSSR count). The molecule has 0 fully saturated rings. The molecule has 112 valence electrons. The van der Waals surface area contributed by atoms with E-state index in [1.807, 2.05) is 0 Å². The number of thioether (sulfide) groups is 1. The number of halogens is 1. The van der Waals surface area contributed by atoms with Crippen LogP contribution in [0.2, 0.25) is 0 Å². The smallest absolute Gasteiger partial charge is 0.236 e. The van der Waals surface area contributed by atoms with Crippen molar-refractivity contribution in [2.45, 2.75) is 5.16 Å². The van der Waals surface area contributed by atoms with Crippen LogP contribution in [0.5, 0.6) is 0 Å². The van der Waals surface area contributed by atoms with Crippen LogP contribution in [-0.2, 0) is 4.79 Å². The highest BCUT2D eigenvalue weighted by molar-refractivity contribution is 7.99. The highest BCUT2D eigenvalue weighted by atomic mass is 32.2. The Bertz CT molecular complexity index is 776. The minimum atomic E-state index is -0.441. The Morgan fingerprint density at radius 1 is 1.41 bits per heavy atom. The molecule has 2 heterocycles. The molecule has 22 heavy (non-hydrogen) atoms. The first-order chi connectivity index (χ1) is 10.7. The number of rotatable bonds is 5. The quantitative estimate of drug-likeness (QED) is 0.717. The summed E-state index contributed by atoms with van der Waals surface area (Å²) in [6, 6.07) is 6.15. The molecule has 1 amide bonds.